The van der Waals surface area contributed by atoms with Gasteiger partial charge in [0.1, 0.15) is 12.2 Å². The standard InChI is InChI=1S/C21H20N4O3/c22-19(26)14-25-18(16-9-5-2-6-10-16)12-11-17(20(25)27)24-21(28)23-13-15-7-3-1-4-8-15/h1-12H,13-14H2,(H2,22,26)(H2,23,24,28). The Kier molecular flexibility index (Phi) is 5.86. The lowest BCUT2D eigenvalue weighted by molar-refractivity contribution is -0.118. The molecule has 0 fully saturated rings. The Bertz CT molecular complexity index is 1030. The lowest BCUT2D eigenvalue weighted by atomic mass is 10.1. The van der Waals surface area contributed by atoms with Gasteiger partial charge in [0, 0.05) is 6.54 Å². The van der Waals surface area contributed by atoms with E-state index < -0.39 is 17.5 Å². The van der Waals surface area contributed by atoms with Crippen LogP contribution < -0.4 is 21.9 Å². The van der Waals surface area contributed by atoms with Crippen LogP contribution in [0.4, 0.5) is 10.5 Å². The monoisotopic (exact) mass is 376 g/mol. The Morgan fingerprint density at radius 2 is 1.54 bits per heavy atom. The van der Waals surface area contributed by atoms with Crippen LogP contribution in [0.2, 0.25) is 0 Å². The van der Waals surface area contributed by atoms with E-state index >= 15 is 0 Å². The number of rotatable bonds is 6. The van der Waals surface area contributed by atoms with Crippen molar-refractivity contribution < 1.29 is 9.59 Å². The molecule has 28 heavy (non-hydrogen) atoms. The van der Waals surface area contributed by atoms with Gasteiger partial charge in [-0.15, -0.1) is 0 Å². The molecule has 142 valence electrons. The van der Waals surface area contributed by atoms with Gasteiger partial charge in [0.15, 0.2) is 0 Å². The summed E-state index contributed by atoms with van der Waals surface area (Å²) < 4.78 is 1.25. The first kappa shape index (κ1) is 18.9. The minimum Gasteiger partial charge on any atom is -0.368 e. The van der Waals surface area contributed by atoms with Crippen molar-refractivity contribution in [2.45, 2.75) is 13.1 Å². The molecule has 7 nitrogen and oxygen atoms in total. The number of carbonyl (C=O) groups excluding carboxylic acids is 2. The quantitative estimate of drug-likeness (QED) is 0.615. The van der Waals surface area contributed by atoms with Gasteiger partial charge in [-0.05, 0) is 23.3 Å². The van der Waals surface area contributed by atoms with Crippen molar-refractivity contribution in [2.24, 2.45) is 5.73 Å². The van der Waals surface area contributed by atoms with Crippen molar-refractivity contribution in [3.63, 3.8) is 0 Å². The van der Waals surface area contributed by atoms with Gasteiger partial charge >= 0.3 is 6.03 Å². The Hall–Kier alpha value is -3.87. The Labute approximate surface area is 161 Å². The maximum atomic E-state index is 12.8. The molecule has 3 rings (SSSR count). The van der Waals surface area contributed by atoms with Crippen molar-refractivity contribution in [1.29, 1.82) is 0 Å². The summed E-state index contributed by atoms with van der Waals surface area (Å²) in [7, 11) is 0. The van der Waals surface area contributed by atoms with Crippen molar-refractivity contribution in [3.8, 4) is 11.3 Å². The number of nitrogens with two attached hydrogens (primary N) is 1. The summed E-state index contributed by atoms with van der Waals surface area (Å²) in [6, 6.07) is 21.2. The number of hydrogen-bond acceptors (Lipinski definition) is 3. The number of pyridine rings is 1. The second-order valence-electron chi connectivity index (χ2n) is 6.15. The van der Waals surface area contributed by atoms with Gasteiger partial charge in [-0.2, -0.15) is 0 Å². The minimum absolute atomic E-state index is 0.0616. The molecule has 1 heterocycles. The summed E-state index contributed by atoms with van der Waals surface area (Å²) in [6.45, 7) is 0.0362. The lowest BCUT2D eigenvalue weighted by Crippen LogP contribution is -2.34. The van der Waals surface area contributed by atoms with Crippen molar-refractivity contribution in [2.75, 3.05) is 5.32 Å². The highest BCUT2D eigenvalue weighted by molar-refractivity contribution is 5.89. The normalized spacial score (nSPS) is 10.3. The fraction of sp³-hybridized carbons (Fsp3) is 0.0952. The Morgan fingerprint density at radius 1 is 0.893 bits per heavy atom. The Balaban J connectivity index is 1.82. The van der Waals surface area contributed by atoms with Crippen LogP contribution in [0.25, 0.3) is 11.3 Å². The predicted octanol–water partition coefficient (Wildman–Crippen LogP) is 2.32. The number of anilines is 1. The summed E-state index contributed by atoms with van der Waals surface area (Å²) in [5, 5.41) is 5.23. The molecule has 0 spiro atoms. The van der Waals surface area contributed by atoms with Gasteiger partial charge in [0.25, 0.3) is 5.56 Å². The summed E-state index contributed by atoms with van der Waals surface area (Å²) in [5.74, 6) is -0.648. The van der Waals surface area contributed by atoms with E-state index in [0.29, 0.717) is 12.2 Å². The highest BCUT2D eigenvalue weighted by atomic mass is 16.2. The van der Waals surface area contributed by atoms with Crippen LogP contribution in [-0.4, -0.2) is 16.5 Å². The molecule has 0 atom stereocenters. The zero-order valence-electron chi connectivity index (χ0n) is 15.1. The third-order valence-electron chi connectivity index (χ3n) is 4.10. The van der Waals surface area contributed by atoms with Crippen LogP contribution >= 0.6 is 0 Å². The number of primary amides is 1. The fourth-order valence-corrected chi connectivity index (χ4v) is 2.79. The third-order valence-corrected chi connectivity index (χ3v) is 4.10. The van der Waals surface area contributed by atoms with Crippen LogP contribution in [0.15, 0.2) is 77.6 Å². The van der Waals surface area contributed by atoms with Crippen molar-refractivity contribution in [1.82, 2.24) is 9.88 Å². The average Bonchev–Trinajstić information content (AvgIpc) is 2.71. The van der Waals surface area contributed by atoms with E-state index in [1.54, 1.807) is 6.07 Å². The molecule has 2 aromatic carbocycles. The predicted molar refractivity (Wildman–Crippen MR) is 108 cm³/mol. The highest BCUT2D eigenvalue weighted by Gasteiger charge is 2.14. The van der Waals surface area contributed by atoms with E-state index in [4.69, 9.17) is 5.73 Å². The zero-order valence-corrected chi connectivity index (χ0v) is 15.1. The molecule has 0 aliphatic carbocycles. The van der Waals surface area contributed by atoms with Gasteiger partial charge in [-0.1, -0.05) is 60.7 Å². The van der Waals surface area contributed by atoms with Crippen molar-refractivity contribution in [3.05, 3.63) is 88.7 Å². The summed E-state index contributed by atoms with van der Waals surface area (Å²) in [6.07, 6.45) is 0. The third kappa shape index (κ3) is 4.64. The minimum atomic E-state index is -0.648. The first-order valence-corrected chi connectivity index (χ1v) is 8.71. The number of hydrogen-bond donors (Lipinski definition) is 3. The molecule has 0 radical (unpaired) electrons. The number of urea groups is 1. The highest BCUT2D eigenvalue weighted by Crippen LogP contribution is 2.19. The van der Waals surface area contributed by atoms with E-state index in [1.807, 2.05) is 60.7 Å². The van der Waals surface area contributed by atoms with E-state index in [1.165, 1.54) is 10.6 Å². The second kappa shape index (κ2) is 8.68. The smallest absolute Gasteiger partial charge is 0.319 e. The van der Waals surface area contributed by atoms with E-state index in [-0.39, 0.29) is 12.2 Å². The molecule has 0 bridgehead atoms. The summed E-state index contributed by atoms with van der Waals surface area (Å²) in [4.78, 5) is 36.4. The molecule has 4 N–H and O–H groups in total. The molecule has 0 aliphatic heterocycles. The van der Waals surface area contributed by atoms with Crippen LogP contribution in [0.1, 0.15) is 5.56 Å². The molecular weight excluding hydrogens is 356 g/mol. The van der Waals surface area contributed by atoms with Gasteiger partial charge in [-0.3, -0.25) is 14.2 Å². The first-order chi connectivity index (χ1) is 13.5. The number of nitrogens with one attached hydrogen (secondary N) is 2. The first-order valence-electron chi connectivity index (χ1n) is 8.71. The number of carbonyl (C=O) groups is 2. The largest absolute Gasteiger partial charge is 0.368 e. The second-order valence-corrected chi connectivity index (χ2v) is 6.15. The van der Waals surface area contributed by atoms with E-state index in [9.17, 15) is 14.4 Å². The molecule has 3 amide bonds. The van der Waals surface area contributed by atoms with Crippen LogP contribution in [-0.2, 0) is 17.9 Å². The zero-order chi connectivity index (χ0) is 19.9. The molecule has 3 aromatic rings. The fourth-order valence-electron chi connectivity index (χ4n) is 2.79. The topological polar surface area (TPSA) is 106 Å². The number of nitrogens with zero attached hydrogens (tertiary/aromatic N) is 1. The Morgan fingerprint density at radius 3 is 2.18 bits per heavy atom. The van der Waals surface area contributed by atoms with Gasteiger partial charge < -0.3 is 16.4 Å². The van der Waals surface area contributed by atoms with Crippen LogP contribution in [0.3, 0.4) is 0 Å². The van der Waals surface area contributed by atoms with E-state index in [2.05, 4.69) is 10.6 Å². The maximum Gasteiger partial charge on any atom is 0.319 e. The molecule has 0 unspecified atom stereocenters. The molecule has 0 saturated heterocycles. The molecule has 0 saturated carbocycles. The summed E-state index contributed by atoms with van der Waals surface area (Å²) in [5.41, 5.74) is 7.10. The van der Waals surface area contributed by atoms with Crippen molar-refractivity contribution >= 4 is 17.6 Å². The average molecular weight is 376 g/mol. The molecule has 7 heteroatoms. The van der Waals surface area contributed by atoms with Crippen LogP contribution in [0, 0.1) is 0 Å². The molecule has 0 aliphatic rings. The number of amides is 3. The van der Waals surface area contributed by atoms with Gasteiger partial charge in [0.05, 0.1) is 5.69 Å². The number of benzene rings is 2. The maximum absolute atomic E-state index is 12.8. The molecular formula is C21H20N4O3. The molecule has 1 aromatic heterocycles. The lowest BCUT2D eigenvalue weighted by Gasteiger charge is -2.14. The van der Waals surface area contributed by atoms with E-state index in [0.717, 1.165) is 11.1 Å². The van der Waals surface area contributed by atoms with Gasteiger partial charge in [0.2, 0.25) is 5.91 Å². The summed E-state index contributed by atoms with van der Waals surface area (Å²) >= 11 is 0. The van der Waals surface area contributed by atoms with Gasteiger partial charge in [-0.25, -0.2) is 4.79 Å². The van der Waals surface area contributed by atoms with Crippen LogP contribution in [0.5, 0.6) is 0 Å². The SMILES string of the molecule is NC(=O)Cn1c(-c2ccccc2)ccc(NC(=O)NCc2ccccc2)c1=O. The number of aromatic nitrogens is 1.